The molecule has 0 aliphatic heterocycles. The standard InChI is InChI=1S/C9H17N3OS2/c1-4-10-9(3,5-13)6-14-8-11-7(2)12-15-8/h10,13H,4-6H2,1-3H3. The van der Waals surface area contributed by atoms with Gasteiger partial charge in [0.2, 0.25) is 0 Å². The molecule has 1 unspecified atom stereocenters. The van der Waals surface area contributed by atoms with Gasteiger partial charge in [0.15, 0.2) is 4.34 Å². The molecular weight excluding hydrogens is 230 g/mol. The Morgan fingerprint density at radius 2 is 2.33 bits per heavy atom. The highest BCUT2D eigenvalue weighted by molar-refractivity contribution is 8.01. The predicted octanol–water partition coefficient (Wildman–Crippen LogP) is 1.30. The number of aromatic nitrogens is 2. The third-order valence-electron chi connectivity index (χ3n) is 1.98. The van der Waals surface area contributed by atoms with Crippen molar-refractivity contribution in [3.05, 3.63) is 5.82 Å². The maximum absolute atomic E-state index is 9.29. The number of hydrogen-bond acceptors (Lipinski definition) is 6. The lowest BCUT2D eigenvalue weighted by molar-refractivity contribution is 0.194. The van der Waals surface area contributed by atoms with Crippen molar-refractivity contribution in [2.24, 2.45) is 0 Å². The Bertz CT molecular complexity index is 305. The zero-order chi connectivity index (χ0) is 11.3. The molecule has 1 atom stereocenters. The maximum Gasteiger partial charge on any atom is 0.170 e. The van der Waals surface area contributed by atoms with Crippen molar-refractivity contribution < 1.29 is 5.11 Å². The smallest absolute Gasteiger partial charge is 0.170 e. The van der Waals surface area contributed by atoms with Crippen LogP contribution in [0.1, 0.15) is 19.7 Å². The first kappa shape index (κ1) is 12.9. The van der Waals surface area contributed by atoms with Gasteiger partial charge in [-0.25, -0.2) is 4.98 Å². The van der Waals surface area contributed by atoms with Gasteiger partial charge < -0.3 is 10.4 Å². The number of aliphatic hydroxyl groups excluding tert-OH is 1. The van der Waals surface area contributed by atoms with Gasteiger partial charge in [-0.2, -0.15) is 4.37 Å². The lowest BCUT2D eigenvalue weighted by Gasteiger charge is -2.27. The Kier molecular flexibility index (Phi) is 4.98. The first-order chi connectivity index (χ1) is 7.09. The first-order valence-electron chi connectivity index (χ1n) is 4.88. The minimum Gasteiger partial charge on any atom is -0.394 e. The van der Waals surface area contributed by atoms with E-state index in [0.29, 0.717) is 0 Å². The molecule has 1 aromatic heterocycles. The van der Waals surface area contributed by atoms with E-state index in [4.69, 9.17) is 0 Å². The molecule has 0 bridgehead atoms. The Hall–Kier alpha value is -0.170. The molecule has 2 N–H and O–H groups in total. The molecule has 0 saturated carbocycles. The topological polar surface area (TPSA) is 58.0 Å². The Labute approximate surface area is 98.7 Å². The maximum atomic E-state index is 9.29. The van der Waals surface area contributed by atoms with Crippen LogP contribution in [0.25, 0.3) is 0 Å². The van der Waals surface area contributed by atoms with Crippen LogP contribution in [-0.2, 0) is 0 Å². The van der Waals surface area contributed by atoms with E-state index in [1.807, 2.05) is 20.8 Å². The van der Waals surface area contributed by atoms with Crippen molar-refractivity contribution in [2.45, 2.75) is 30.6 Å². The summed E-state index contributed by atoms with van der Waals surface area (Å²) in [4.78, 5) is 4.27. The summed E-state index contributed by atoms with van der Waals surface area (Å²) in [5.74, 6) is 1.61. The van der Waals surface area contributed by atoms with E-state index >= 15 is 0 Å². The number of nitrogens with zero attached hydrogens (tertiary/aromatic N) is 2. The zero-order valence-corrected chi connectivity index (χ0v) is 10.9. The lowest BCUT2D eigenvalue weighted by atomic mass is 10.1. The van der Waals surface area contributed by atoms with E-state index in [1.165, 1.54) is 11.5 Å². The van der Waals surface area contributed by atoms with Gasteiger partial charge in [-0.15, -0.1) is 0 Å². The van der Waals surface area contributed by atoms with Gasteiger partial charge in [0.1, 0.15) is 5.82 Å². The summed E-state index contributed by atoms with van der Waals surface area (Å²) in [6.45, 7) is 6.92. The normalized spacial score (nSPS) is 15.2. The summed E-state index contributed by atoms with van der Waals surface area (Å²) in [6, 6.07) is 0. The van der Waals surface area contributed by atoms with Crippen molar-refractivity contribution in [3.63, 3.8) is 0 Å². The molecule has 86 valence electrons. The number of nitrogens with one attached hydrogen (secondary N) is 1. The fourth-order valence-corrected chi connectivity index (χ4v) is 2.89. The molecule has 6 heteroatoms. The van der Waals surface area contributed by atoms with E-state index in [9.17, 15) is 5.11 Å². The summed E-state index contributed by atoms with van der Waals surface area (Å²) >= 11 is 3.05. The van der Waals surface area contributed by atoms with Crippen LogP contribution in [0.3, 0.4) is 0 Å². The fourth-order valence-electron chi connectivity index (χ4n) is 1.14. The highest BCUT2D eigenvalue weighted by Crippen LogP contribution is 2.23. The van der Waals surface area contributed by atoms with Gasteiger partial charge in [-0.3, -0.25) is 0 Å². The number of thioether (sulfide) groups is 1. The number of rotatable bonds is 6. The molecule has 1 rings (SSSR count). The van der Waals surface area contributed by atoms with E-state index in [-0.39, 0.29) is 12.1 Å². The van der Waals surface area contributed by atoms with Crippen molar-refractivity contribution >= 4 is 23.3 Å². The van der Waals surface area contributed by atoms with Crippen molar-refractivity contribution in [2.75, 3.05) is 18.9 Å². The highest BCUT2D eigenvalue weighted by Gasteiger charge is 2.22. The number of aryl methyl sites for hydroxylation is 1. The van der Waals surface area contributed by atoms with Crippen LogP contribution in [0.5, 0.6) is 0 Å². The van der Waals surface area contributed by atoms with Crippen LogP contribution < -0.4 is 5.32 Å². The first-order valence-corrected chi connectivity index (χ1v) is 6.64. The fraction of sp³-hybridized carbons (Fsp3) is 0.778. The van der Waals surface area contributed by atoms with Crippen LogP contribution in [0, 0.1) is 6.92 Å². The number of likely N-dealkylation sites (N-methyl/N-ethyl adjacent to an activating group) is 1. The van der Waals surface area contributed by atoms with Gasteiger partial charge in [-0.1, -0.05) is 18.7 Å². The SMILES string of the molecule is CCNC(C)(CO)CSc1nc(C)ns1. The minimum atomic E-state index is -0.237. The molecular formula is C9H17N3OS2. The monoisotopic (exact) mass is 247 g/mol. The second kappa shape index (κ2) is 5.79. The lowest BCUT2D eigenvalue weighted by Crippen LogP contribution is -2.47. The quantitative estimate of drug-likeness (QED) is 0.742. The molecule has 0 fully saturated rings. The summed E-state index contributed by atoms with van der Waals surface area (Å²) in [5, 5.41) is 12.6. The van der Waals surface area contributed by atoms with Crippen LogP contribution in [0.4, 0.5) is 0 Å². The molecule has 0 aromatic carbocycles. The van der Waals surface area contributed by atoms with Crippen LogP contribution >= 0.6 is 23.3 Å². The average Bonchev–Trinajstić information content (AvgIpc) is 2.62. The second-order valence-electron chi connectivity index (χ2n) is 3.65. The van der Waals surface area contributed by atoms with Gasteiger partial charge in [-0.05, 0) is 31.9 Å². The Morgan fingerprint density at radius 1 is 1.60 bits per heavy atom. The average molecular weight is 247 g/mol. The number of aliphatic hydroxyl groups is 1. The highest BCUT2D eigenvalue weighted by atomic mass is 32.2. The van der Waals surface area contributed by atoms with E-state index in [0.717, 1.165) is 22.5 Å². The van der Waals surface area contributed by atoms with Gasteiger partial charge >= 0.3 is 0 Å². The van der Waals surface area contributed by atoms with Crippen LogP contribution in [0.2, 0.25) is 0 Å². The molecule has 0 spiro atoms. The Balaban J connectivity index is 2.47. The predicted molar refractivity (Wildman–Crippen MR) is 64.5 cm³/mol. The molecule has 1 heterocycles. The van der Waals surface area contributed by atoms with E-state index in [2.05, 4.69) is 14.7 Å². The van der Waals surface area contributed by atoms with Crippen molar-refractivity contribution in [3.8, 4) is 0 Å². The molecule has 4 nitrogen and oxygen atoms in total. The molecule has 0 saturated heterocycles. The molecule has 15 heavy (non-hydrogen) atoms. The third-order valence-corrected chi connectivity index (χ3v) is 4.28. The van der Waals surface area contributed by atoms with Crippen LogP contribution in [-0.4, -0.2) is 38.9 Å². The summed E-state index contributed by atoms with van der Waals surface area (Å²) in [6.07, 6.45) is 0. The third kappa shape index (κ3) is 4.06. The summed E-state index contributed by atoms with van der Waals surface area (Å²) in [7, 11) is 0. The zero-order valence-electron chi connectivity index (χ0n) is 9.28. The summed E-state index contributed by atoms with van der Waals surface area (Å²) in [5.41, 5.74) is -0.237. The van der Waals surface area contributed by atoms with Crippen LogP contribution in [0.15, 0.2) is 4.34 Å². The number of hydrogen-bond donors (Lipinski definition) is 2. The molecule has 0 radical (unpaired) electrons. The molecule has 0 aliphatic carbocycles. The molecule has 0 amide bonds. The van der Waals surface area contributed by atoms with Crippen molar-refractivity contribution in [1.82, 2.24) is 14.7 Å². The van der Waals surface area contributed by atoms with Crippen molar-refractivity contribution in [1.29, 1.82) is 0 Å². The van der Waals surface area contributed by atoms with E-state index in [1.54, 1.807) is 11.8 Å². The van der Waals surface area contributed by atoms with E-state index < -0.39 is 0 Å². The summed E-state index contributed by atoms with van der Waals surface area (Å²) < 4.78 is 5.08. The Morgan fingerprint density at radius 3 is 2.80 bits per heavy atom. The van der Waals surface area contributed by atoms with Gasteiger partial charge in [0.25, 0.3) is 0 Å². The van der Waals surface area contributed by atoms with Gasteiger partial charge in [0, 0.05) is 11.3 Å². The molecule has 0 aliphatic rings. The second-order valence-corrected chi connectivity index (χ2v) is 5.62. The van der Waals surface area contributed by atoms with Gasteiger partial charge in [0.05, 0.1) is 6.61 Å². The minimum absolute atomic E-state index is 0.131. The largest absolute Gasteiger partial charge is 0.394 e. The molecule has 1 aromatic rings.